The summed E-state index contributed by atoms with van der Waals surface area (Å²) in [6.45, 7) is 6.49. The highest BCUT2D eigenvalue weighted by Crippen LogP contribution is 2.50. The molecule has 1 saturated carbocycles. The number of hydrogen-bond acceptors (Lipinski definition) is 6. The summed E-state index contributed by atoms with van der Waals surface area (Å²) in [5.74, 6) is -0.573. The van der Waals surface area contributed by atoms with Crippen LogP contribution in [0.4, 0.5) is 0 Å². The van der Waals surface area contributed by atoms with E-state index in [1.54, 1.807) is 43.5 Å². The van der Waals surface area contributed by atoms with Gasteiger partial charge in [0.05, 0.1) is 20.3 Å². The SMILES string of the molecule is COc1cc(Cl)ccc1CNC1C(c2ncccc2OC)N(C(=O)C2CCCCC2)C(C(=O)O)C1C(C)(C)C. The highest BCUT2D eigenvalue weighted by atomic mass is 35.5. The zero-order valence-corrected chi connectivity index (χ0v) is 24.2. The Morgan fingerprint density at radius 1 is 1.10 bits per heavy atom. The molecule has 0 radical (unpaired) electrons. The Labute approximate surface area is 236 Å². The van der Waals surface area contributed by atoms with Gasteiger partial charge in [-0.25, -0.2) is 4.79 Å². The Hall–Kier alpha value is -2.84. The number of nitrogens with one attached hydrogen (secondary N) is 1. The number of amides is 1. The van der Waals surface area contributed by atoms with Crippen LogP contribution in [0.3, 0.4) is 0 Å². The minimum Gasteiger partial charge on any atom is -0.496 e. The number of carbonyl (C=O) groups excluding carboxylic acids is 1. The number of pyridine rings is 1. The molecule has 2 aliphatic rings. The second kappa shape index (κ2) is 12.1. The first-order valence-electron chi connectivity index (χ1n) is 13.7. The summed E-state index contributed by atoms with van der Waals surface area (Å²) in [6, 6.07) is 6.95. The average Bonchev–Trinajstić information content (AvgIpc) is 3.28. The molecule has 1 aromatic heterocycles. The number of ether oxygens (including phenoxy) is 2. The quantitative estimate of drug-likeness (QED) is 0.442. The van der Waals surface area contributed by atoms with E-state index in [9.17, 15) is 14.7 Å². The predicted octanol–water partition coefficient (Wildman–Crippen LogP) is 5.49. The van der Waals surface area contributed by atoms with Crippen LogP contribution >= 0.6 is 11.6 Å². The van der Waals surface area contributed by atoms with Crippen LogP contribution in [-0.2, 0) is 16.1 Å². The molecule has 1 amide bonds. The number of nitrogens with zero attached hydrogens (tertiary/aromatic N) is 2. The van der Waals surface area contributed by atoms with Crippen LogP contribution in [0.1, 0.15) is 70.2 Å². The zero-order valence-electron chi connectivity index (χ0n) is 23.4. The van der Waals surface area contributed by atoms with Crippen LogP contribution in [0.15, 0.2) is 36.5 Å². The van der Waals surface area contributed by atoms with Gasteiger partial charge in [-0.1, -0.05) is 57.7 Å². The van der Waals surface area contributed by atoms with Crippen molar-refractivity contribution >= 4 is 23.5 Å². The molecule has 2 heterocycles. The van der Waals surface area contributed by atoms with Crippen molar-refractivity contribution in [1.82, 2.24) is 15.2 Å². The van der Waals surface area contributed by atoms with Gasteiger partial charge in [-0.15, -0.1) is 0 Å². The number of carbonyl (C=O) groups is 2. The first-order chi connectivity index (χ1) is 18.6. The molecule has 4 rings (SSSR count). The average molecular weight is 558 g/mol. The van der Waals surface area contributed by atoms with Crippen molar-refractivity contribution < 1.29 is 24.2 Å². The highest BCUT2D eigenvalue weighted by Gasteiger charge is 2.59. The van der Waals surface area contributed by atoms with E-state index in [0.29, 0.717) is 28.8 Å². The summed E-state index contributed by atoms with van der Waals surface area (Å²) in [5.41, 5.74) is 0.986. The fraction of sp³-hybridized carbons (Fsp3) is 0.567. The number of carboxylic acids is 1. The van der Waals surface area contributed by atoms with E-state index in [0.717, 1.165) is 37.7 Å². The van der Waals surface area contributed by atoms with E-state index in [-0.39, 0.29) is 11.8 Å². The van der Waals surface area contributed by atoms with Gasteiger partial charge in [-0.05, 0) is 42.5 Å². The molecular weight excluding hydrogens is 518 g/mol. The second-order valence-electron chi connectivity index (χ2n) is 11.7. The van der Waals surface area contributed by atoms with Gasteiger partial charge in [0.2, 0.25) is 5.91 Å². The van der Waals surface area contributed by atoms with Gasteiger partial charge in [0.25, 0.3) is 0 Å². The number of likely N-dealkylation sites (tertiary alicyclic amines) is 1. The first kappa shape index (κ1) is 29.2. The van der Waals surface area contributed by atoms with Crippen molar-refractivity contribution in [2.24, 2.45) is 17.3 Å². The van der Waals surface area contributed by atoms with Gasteiger partial charge in [0, 0.05) is 41.2 Å². The van der Waals surface area contributed by atoms with Crippen LogP contribution in [0.2, 0.25) is 5.02 Å². The van der Waals surface area contributed by atoms with Gasteiger partial charge < -0.3 is 24.8 Å². The Bertz CT molecular complexity index is 1180. The Kier molecular flexibility index (Phi) is 9.07. The topological polar surface area (TPSA) is 101 Å². The molecule has 0 spiro atoms. The minimum absolute atomic E-state index is 0.109. The van der Waals surface area contributed by atoms with Crippen molar-refractivity contribution in [3.05, 3.63) is 52.8 Å². The molecule has 39 heavy (non-hydrogen) atoms. The van der Waals surface area contributed by atoms with E-state index >= 15 is 0 Å². The lowest BCUT2D eigenvalue weighted by Crippen LogP contribution is -2.49. The Balaban J connectivity index is 1.85. The fourth-order valence-electron chi connectivity index (χ4n) is 6.46. The molecule has 4 unspecified atom stereocenters. The molecule has 212 valence electrons. The molecule has 8 nitrogen and oxygen atoms in total. The van der Waals surface area contributed by atoms with Crippen LogP contribution in [0, 0.1) is 17.3 Å². The molecule has 2 aromatic rings. The monoisotopic (exact) mass is 557 g/mol. The summed E-state index contributed by atoms with van der Waals surface area (Å²) >= 11 is 6.19. The predicted molar refractivity (Wildman–Crippen MR) is 150 cm³/mol. The van der Waals surface area contributed by atoms with Crippen molar-refractivity contribution in [2.75, 3.05) is 14.2 Å². The third-order valence-electron chi connectivity index (χ3n) is 8.21. The maximum absolute atomic E-state index is 14.3. The van der Waals surface area contributed by atoms with Crippen LogP contribution < -0.4 is 14.8 Å². The molecule has 0 bridgehead atoms. The fourth-order valence-corrected chi connectivity index (χ4v) is 6.62. The van der Waals surface area contributed by atoms with Crippen LogP contribution in [0.5, 0.6) is 11.5 Å². The smallest absolute Gasteiger partial charge is 0.326 e. The maximum atomic E-state index is 14.3. The summed E-state index contributed by atoms with van der Waals surface area (Å²) in [5, 5.41) is 14.9. The van der Waals surface area contributed by atoms with Crippen molar-refractivity contribution in [3.63, 3.8) is 0 Å². The minimum atomic E-state index is -1.03. The lowest BCUT2D eigenvalue weighted by atomic mass is 9.72. The number of methoxy groups -OCH3 is 2. The molecule has 9 heteroatoms. The number of aromatic nitrogens is 1. The molecule has 2 fully saturated rings. The highest BCUT2D eigenvalue weighted by molar-refractivity contribution is 6.30. The number of aliphatic carboxylic acids is 1. The molecule has 1 aromatic carbocycles. The van der Waals surface area contributed by atoms with Crippen molar-refractivity contribution in [1.29, 1.82) is 0 Å². The number of rotatable bonds is 8. The molecular formula is C30H40ClN3O5. The van der Waals surface area contributed by atoms with Crippen molar-refractivity contribution in [3.8, 4) is 11.5 Å². The third-order valence-corrected chi connectivity index (χ3v) is 8.44. The van der Waals surface area contributed by atoms with E-state index in [1.807, 2.05) is 32.9 Å². The summed E-state index contributed by atoms with van der Waals surface area (Å²) in [4.78, 5) is 33.6. The van der Waals surface area contributed by atoms with Crippen molar-refractivity contribution in [2.45, 2.75) is 77.5 Å². The standard InChI is InChI=1S/C30H40ClN3O5/c1-30(2,3)23-25(33-17-19-13-14-20(31)16-22(19)39-5)27(24-21(38-4)12-9-15-32-24)34(26(23)29(36)37)28(35)18-10-7-6-8-11-18/h9,12-16,18,23,25-27,33H,6-8,10-11,17H2,1-5H3,(H,36,37). The van der Waals surface area contributed by atoms with Gasteiger partial charge in [-0.2, -0.15) is 0 Å². The molecule has 1 aliphatic heterocycles. The molecule has 1 aliphatic carbocycles. The number of benzene rings is 1. The maximum Gasteiger partial charge on any atom is 0.326 e. The summed E-state index contributed by atoms with van der Waals surface area (Å²) < 4.78 is 11.3. The third kappa shape index (κ3) is 6.02. The summed E-state index contributed by atoms with van der Waals surface area (Å²) in [7, 11) is 3.16. The van der Waals surface area contributed by atoms with Gasteiger partial charge in [0.15, 0.2) is 0 Å². The van der Waals surface area contributed by atoms with Gasteiger partial charge in [0.1, 0.15) is 23.2 Å². The largest absolute Gasteiger partial charge is 0.496 e. The molecule has 1 saturated heterocycles. The second-order valence-corrected chi connectivity index (χ2v) is 12.1. The number of halogens is 1. The summed E-state index contributed by atoms with van der Waals surface area (Å²) in [6.07, 6.45) is 6.25. The van der Waals surface area contributed by atoms with Gasteiger partial charge >= 0.3 is 5.97 Å². The molecule has 2 N–H and O–H groups in total. The van der Waals surface area contributed by atoms with Gasteiger partial charge in [-0.3, -0.25) is 9.78 Å². The first-order valence-corrected chi connectivity index (χ1v) is 14.1. The van der Waals surface area contributed by atoms with E-state index in [4.69, 9.17) is 21.1 Å². The zero-order chi connectivity index (χ0) is 28.3. The molecule has 4 atom stereocenters. The van der Waals surface area contributed by atoms with E-state index < -0.39 is 35.4 Å². The Morgan fingerprint density at radius 3 is 2.41 bits per heavy atom. The number of hydrogen-bond donors (Lipinski definition) is 2. The van der Waals surface area contributed by atoms with E-state index in [1.165, 1.54) is 0 Å². The normalized spacial score (nSPS) is 24.0. The lowest BCUT2D eigenvalue weighted by molar-refractivity contribution is -0.154. The lowest BCUT2D eigenvalue weighted by Gasteiger charge is -2.36. The van der Waals surface area contributed by atoms with Crippen LogP contribution in [0.25, 0.3) is 0 Å². The van der Waals surface area contributed by atoms with Crippen LogP contribution in [-0.4, -0.2) is 53.2 Å². The van der Waals surface area contributed by atoms with E-state index in [2.05, 4.69) is 10.3 Å². The number of carboxylic acid groups (broad SMARTS) is 1. The Morgan fingerprint density at radius 2 is 1.79 bits per heavy atom.